The molecule has 0 saturated carbocycles. The van der Waals surface area contributed by atoms with E-state index in [-0.39, 0.29) is 16.5 Å². The van der Waals surface area contributed by atoms with Crippen molar-refractivity contribution in [2.45, 2.75) is 13.3 Å². The summed E-state index contributed by atoms with van der Waals surface area (Å²) in [6.45, 7) is 1.90. The number of nitrogens with zero attached hydrogens (tertiary/aromatic N) is 2. The van der Waals surface area contributed by atoms with Gasteiger partial charge in [0.05, 0.1) is 5.71 Å². The lowest BCUT2D eigenvalue weighted by Crippen LogP contribution is -2.11. The highest BCUT2D eigenvalue weighted by molar-refractivity contribution is 6.32. The summed E-state index contributed by atoms with van der Waals surface area (Å²) in [6, 6.07) is 11.2. The van der Waals surface area contributed by atoms with Crippen LogP contribution in [-0.2, 0) is 6.42 Å². The molecule has 0 bridgehead atoms. The zero-order chi connectivity index (χ0) is 17.8. The van der Waals surface area contributed by atoms with Crippen molar-refractivity contribution in [3.63, 3.8) is 0 Å². The minimum Gasteiger partial charge on any atom is -0.329 e. The summed E-state index contributed by atoms with van der Waals surface area (Å²) < 4.78 is 13.1. The molecular formula is C19H15ClFN3O. The van der Waals surface area contributed by atoms with Crippen molar-refractivity contribution in [2.24, 2.45) is 4.99 Å². The second kappa shape index (κ2) is 7.40. The molecule has 0 radical (unpaired) electrons. The van der Waals surface area contributed by atoms with Crippen LogP contribution in [0.1, 0.15) is 16.7 Å². The molecule has 3 rings (SSSR count). The Morgan fingerprint density at radius 1 is 1.24 bits per heavy atom. The van der Waals surface area contributed by atoms with Crippen molar-refractivity contribution in [3.8, 4) is 0 Å². The number of aromatic amines is 1. The SMILES string of the molecule is Cc1cnc(Cl)c(N=C(Cc2ccc(F)cc2)c2cc[nH]c(=O)c2)c1. The third-order valence-electron chi connectivity index (χ3n) is 3.61. The Labute approximate surface area is 149 Å². The summed E-state index contributed by atoms with van der Waals surface area (Å²) in [4.78, 5) is 23.0. The standard InChI is InChI=1S/C19H15ClFN3O/c1-12-8-17(19(20)23-11-12)24-16(14-6-7-22-18(25)10-14)9-13-2-4-15(21)5-3-13/h2-8,10-11H,9H2,1H3,(H,22,25). The number of halogens is 2. The number of hydrogen-bond donors (Lipinski definition) is 1. The van der Waals surface area contributed by atoms with Crippen LogP contribution < -0.4 is 5.56 Å². The van der Waals surface area contributed by atoms with Crippen LogP contribution in [-0.4, -0.2) is 15.7 Å². The van der Waals surface area contributed by atoms with Gasteiger partial charge in [0.15, 0.2) is 5.15 Å². The van der Waals surface area contributed by atoms with Crippen molar-refractivity contribution in [3.05, 3.63) is 92.9 Å². The molecule has 1 aromatic carbocycles. The van der Waals surface area contributed by atoms with Gasteiger partial charge in [-0.1, -0.05) is 23.7 Å². The molecule has 2 heterocycles. The molecule has 126 valence electrons. The molecule has 0 amide bonds. The molecule has 2 aromatic heterocycles. The monoisotopic (exact) mass is 355 g/mol. The number of nitrogens with one attached hydrogen (secondary N) is 1. The highest BCUT2D eigenvalue weighted by atomic mass is 35.5. The summed E-state index contributed by atoms with van der Waals surface area (Å²) in [5, 5.41) is 0.284. The van der Waals surface area contributed by atoms with Crippen molar-refractivity contribution in [2.75, 3.05) is 0 Å². The topological polar surface area (TPSA) is 58.1 Å². The molecule has 25 heavy (non-hydrogen) atoms. The molecular weight excluding hydrogens is 341 g/mol. The predicted octanol–water partition coefficient (Wildman–Crippen LogP) is 4.23. The van der Waals surface area contributed by atoms with Gasteiger partial charge in [0.2, 0.25) is 5.56 Å². The van der Waals surface area contributed by atoms with E-state index >= 15 is 0 Å². The van der Waals surface area contributed by atoms with Crippen LogP contribution in [0.5, 0.6) is 0 Å². The molecule has 0 unspecified atom stereocenters. The molecule has 0 atom stereocenters. The molecule has 4 nitrogen and oxygen atoms in total. The number of benzene rings is 1. The summed E-state index contributed by atoms with van der Waals surface area (Å²) in [7, 11) is 0. The van der Waals surface area contributed by atoms with Gasteiger partial charge >= 0.3 is 0 Å². The maximum absolute atomic E-state index is 13.1. The van der Waals surface area contributed by atoms with Gasteiger partial charge in [-0.2, -0.15) is 0 Å². The average molecular weight is 356 g/mol. The van der Waals surface area contributed by atoms with Crippen LogP contribution in [0.4, 0.5) is 10.1 Å². The maximum atomic E-state index is 13.1. The molecule has 1 N–H and O–H groups in total. The molecule has 0 fully saturated rings. The van der Waals surface area contributed by atoms with E-state index in [2.05, 4.69) is 15.0 Å². The number of hydrogen-bond acceptors (Lipinski definition) is 3. The Morgan fingerprint density at radius 3 is 2.72 bits per heavy atom. The number of rotatable bonds is 4. The van der Waals surface area contributed by atoms with Crippen molar-refractivity contribution in [1.82, 2.24) is 9.97 Å². The van der Waals surface area contributed by atoms with E-state index in [1.54, 1.807) is 30.6 Å². The van der Waals surface area contributed by atoms with Gasteiger partial charge in [-0.15, -0.1) is 0 Å². The second-order valence-corrected chi connectivity index (χ2v) is 5.98. The van der Waals surface area contributed by atoms with Gasteiger partial charge in [0, 0.05) is 30.4 Å². The average Bonchev–Trinajstić information content (AvgIpc) is 2.59. The van der Waals surface area contributed by atoms with E-state index in [4.69, 9.17) is 11.6 Å². The van der Waals surface area contributed by atoms with E-state index in [0.717, 1.165) is 11.1 Å². The van der Waals surface area contributed by atoms with Gasteiger partial charge in [-0.05, 0) is 42.3 Å². The number of aryl methyl sites for hydroxylation is 1. The highest BCUT2D eigenvalue weighted by Crippen LogP contribution is 2.25. The molecule has 0 saturated heterocycles. The number of aliphatic imine (C=N–C) groups is 1. The van der Waals surface area contributed by atoms with Crippen molar-refractivity contribution >= 4 is 23.0 Å². The molecule has 0 aliphatic rings. The van der Waals surface area contributed by atoms with E-state index in [1.807, 2.05) is 13.0 Å². The van der Waals surface area contributed by atoms with Crippen LogP contribution >= 0.6 is 11.6 Å². The fourth-order valence-electron chi connectivity index (χ4n) is 2.39. The molecule has 6 heteroatoms. The Kier molecular flexibility index (Phi) is 5.05. The zero-order valence-corrected chi connectivity index (χ0v) is 14.2. The van der Waals surface area contributed by atoms with Crippen LogP contribution in [0, 0.1) is 12.7 Å². The minimum atomic E-state index is -0.302. The Morgan fingerprint density at radius 2 is 2.00 bits per heavy atom. The Bertz CT molecular complexity index is 980. The van der Waals surface area contributed by atoms with Gasteiger partial charge in [0.1, 0.15) is 11.5 Å². The summed E-state index contributed by atoms with van der Waals surface area (Å²) in [6.07, 6.45) is 3.65. The number of aromatic nitrogens is 2. The van der Waals surface area contributed by atoms with E-state index in [9.17, 15) is 9.18 Å². The first kappa shape index (κ1) is 17.0. The molecule has 3 aromatic rings. The van der Waals surface area contributed by atoms with Gasteiger partial charge in [-0.3, -0.25) is 4.79 Å². The van der Waals surface area contributed by atoms with Crippen LogP contribution in [0.15, 0.2) is 64.6 Å². The smallest absolute Gasteiger partial charge is 0.248 e. The number of pyridine rings is 2. The minimum absolute atomic E-state index is 0.224. The predicted molar refractivity (Wildman–Crippen MR) is 97.3 cm³/mol. The van der Waals surface area contributed by atoms with Gasteiger partial charge < -0.3 is 4.98 Å². The molecule has 0 aliphatic carbocycles. The quantitative estimate of drug-likeness (QED) is 0.562. The lowest BCUT2D eigenvalue weighted by Gasteiger charge is -2.08. The first-order valence-electron chi connectivity index (χ1n) is 7.64. The fourth-order valence-corrected chi connectivity index (χ4v) is 2.53. The van der Waals surface area contributed by atoms with Crippen molar-refractivity contribution < 1.29 is 4.39 Å². The van der Waals surface area contributed by atoms with Gasteiger partial charge in [0.25, 0.3) is 0 Å². The van der Waals surface area contributed by atoms with E-state index in [1.165, 1.54) is 18.2 Å². The summed E-state index contributed by atoms with van der Waals surface area (Å²) in [5.41, 5.74) is 3.42. The second-order valence-electron chi connectivity index (χ2n) is 5.63. The normalized spacial score (nSPS) is 11.6. The van der Waals surface area contributed by atoms with E-state index in [0.29, 0.717) is 23.4 Å². The maximum Gasteiger partial charge on any atom is 0.248 e. The van der Waals surface area contributed by atoms with Crippen LogP contribution in [0.2, 0.25) is 5.15 Å². The van der Waals surface area contributed by atoms with Crippen molar-refractivity contribution in [1.29, 1.82) is 0 Å². The Hall–Kier alpha value is -2.79. The third-order valence-corrected chi connectivity index (χ3v) is 3.90. The molecule has 0 spiro atoms. The first-order chi connectivity index (χ1) is 12.0. The zero-order valence-electron chi connectivity index (χ0n) is 13.5. The number of H-pyrrole nitrogens is 1. The largest absolute Gasteiger partial charge is 0.329 e. The lowest BCUT2D eigenvalue weighted by molar-refractivity contribution is 0.627. The Balaban J connectivity index is 2.08. The third kappa shape index (κ3) is 4.39. The molecule has 0 aliphatic heterocycles. The van der Waals surface area contributed by atoms with Gasteiger partial charge in [-0.25, -0.2) is 14.4 Å². The highest BCUT2D eigenvalue weighted by Gasteiger charge is 2.09. The lowest BCUT2D eigenvalue weighted by atomic mass is 10.0. The first-order valence-corrected chi connectivity index (χ1v) is 8.02. The summed E-state index contributed by atoms with van der Waals surface area (Å²) >= 11 is 6.15. The fraction of sp³-hybridized carbons (Fsp3) is 0.105. The summed E-state index contributed by atoms with van der Waals surface area (Å²) in [5.74, 6) is -0.302. The van der Waals surface area contributed by atoms with E-state index < -0.39 is 0 Å². The van der Waals surface area contributed by atoms with Crippen LogP contribution in [0.25, 0.3) is 0 Å². The van der Waals surface area contributed by atoms with Crippen LogP contribution in [0.3, 0.4) is 0 Å².